The van der Waals surface area contributed by atoms with Crippen molar-refractivity contribution in [3.8, 4) is 0 Å². The third-order valence-corrected chi connectivity index (χ3v) is 4.90. The van der Waals surface area contributed by atoms with Crippen molar-refractivity contribution >= 4 is 28.3 Å². The number of hydrogen-bond donors (Lipinski definition) is 1. The van der Waals surface area contributed by atoms with Crippen molar-refractivity contribution < 1.29 is 4.79 Å². The first-order valence-electron chi connectivity index (χ1n) is 9.14. The molecule has 26 heavy (non-hydrogen) atoms. The average Bonchev–Trinajstić information content (AvgIpc) is 3.22. The maximum Gasteiger partial charge on any atom is 0.255 e. The molecule has 5 nitrogen and oxygen atoms in total. The summed E-state index contributed by atoms with van der Waals surface area (Å²) in [5.41, 5.74) is 3.47. The van der Waals surface area contributed by atoms with E-state index >= 15 is 0 Å². The van der Waals surface area contributed by atoms with Crippen LogP contribution in [0.3, 0.4) is 0 Å². The fraction of sp³-hybridized carbons (Fsp3) is 0.286. The molecule has 0 radical (unpaired) electrons. The zero-order chi connectivity index (χ0) is 17.9. The first-order valence-corrected chi connectivity index (χ1v) is 9.14. The van der Waals surface area contributed by atoms with Gasteiger partial charge in [0.2, 0.25) is 0 Å². The molecule has 0 spiro atoms. The van der Waals surface area contributed by atoms with Crippen LogP contribution in [0.2, 0.25) is 0 Å². The lowest BCUT2D eigenvalue weighted by molar-refractivity contribution is 0.102. The number of aromatic nitrogens is 2. The van der Waals surface area contributed by atoms with Crippen molar-refractivity contribution in [3.05, 3.63) is 59.9 Å². The van der Waals surface area contributed by atoms with E-state index in [-0.39, 0.29) is 5.91 Å². The van der Waals surface area contributed by atoms with Crippen molar-refractivity contribution in [3.63, 3.8) is 0 Å². The number of amides is 1. The van der Waals surface area contributed by atoms with Crippen LogP contribution in [0, 0.1) is 0 Å². The summed E-state index contributed by atoms with van der Waals surface area (Å²) in [6.45, 7) is 4.18. The van der Waals surface area contributed by atoms with Gasteiger partial charge in [-0.25, -0.2) is 9.97 Å². The van der Waals surface area contributed by atoms with Crippen LogP contribution >= 0.6 is 0 Å². The Hall–Kier alpha value is -2.95. The van der Waals surface area contributed by atoms with Gasteiger partial charge in [-0.3, -0.25) is 4.79 Å². The van der Waals surface area contributed by atoms with Gasteiger partial charge in [0, 0.05) is 29.7 Å². The van der Waals surface area contributed by atoms with E-state index in [1.165, 1.54) is 18.4 Å². The molecule has 3 aromatic rings. The zero-order valence-electron chi connectivity index (χ0n) is 14.9. The fourth-order valence-electron chi connectivity index (χ4n) is 3.40. The molecule has 1 aliphatic heterocycles. The van der Waals surface area contributed by atoms with Crippen molar-refractivity contribution in [1.29, 1.82) is 0 Å². The number of hydrogen-bond acceptors (Lipinski definition) is 4. The molecule has 1 amide bonds. The number of rotatable bonds is 4. The molecule has 132 valence electrons. The monoisotopic (exact) mass is 346 g/mol. The van der Waals surface area contributed by atoms with Gasteiger partial charge in [0.1, 0.15) is 12.1 Å². The number of aryl methyl sites for hydroxylation is 1. The van der Waals surface area contributed by atoms with Crippen LogP contribution in [-0.4, -0.2) is 29.0 Å². The Kier molecular flexibility index (Phi) is 4.52. The van der Waals surface area contributed by atoms with Gasteiger partial charge < -0.3 is 10.2 Å². The molecule has 0 unspecified atom stereocenters. The highest BCUT2D eigenvalue weighted by atomic mass is 16.1. The first kappa shape index (κ1) is 16.5. The second kappa shape index (κ2) is 7.12. The zero-order valence-corrected chi connectivity index (χ0v) is 14.9. The minimum absolute atomic E-state index is 0.110. The van der Waals surface area contributed by atoms with E-state index in [0.717, 1.165) is 41.9 Å². The summed E-state index contributed by atoms with van der Waals surface area (Å²) in [4.78, 5) is 23.6. The highest BCUT2D eigenvalue weighted by molar-refractivity contribution is 6.05. The maximum atomic E-state index is 12.5. The topological polar surface area (TPSA) is 58.1 Å². The van der Waals surface area contributed by atoms with E-state index in [0.29, 0.717) is 5.56 Å². The highest BCUT2D eigenvalue weighted by Crippen LogP contribution is 2.27. The van der Waals surface area contributed by atoms with Gasteiger partial charge in [-0.2, -0.15) is 0 Å². The lowest BCUT2D eigenvalue weighted by atomic mass is 10.1. The number of fused-ring (bicyclic) bond motifs is 1. The van der Waals surface area contributed by atoms with Gasteiger partial charge in [-0.05, 0) is 55.2 Å². The number of nitrogens with one attached hydrogen (secondary N) is 1. The second-order valence-corrected chi connectivity index (χ2v) is 6.63. The van der Waals surface area contributed by atoms with Crippen LogP contribution < -0.4 is 10.2 Å². The molecule has 0 saturated carbocycles. The molecule has 0 bridgehead atoms. The van der Waals surface area contributed by atoms with Crippen LogP contribution in [0.5, 0.6) is 0 Å². The third kappa shape index (κ3) is 3.25. The normalized spacial score (nSPS) is 14.0. The smallest absolute Gasteiger partial charge is 0.255 e. The Labute approximate surface area is 153 Å². The summed E-state index contributed by atoms with van der Waals surface area (Å²) < 4.78 is 0. The van der Waals surface area contributed by atoms with Crippen molar-refractivity contribution in [2.45, 2.75) is 26.2 Å². The number of carbonyl (C=O) groups is 1. The number of anilines is 2. The molecule has 1 aromatic heterocycles. The summed E-state index contributed by atoms with van der Waals surface area (Å²) >= 11 is 0. The molecule has 0 atom stereocenters. The van der Waals surface area contributed by atoms with E-state index in [1.807, 2.05) is 42.5 Å². The molecule has 1 aliphatic rings. The minimum Gasteiger partial charge on any atom is -0.356 e. The van der Waals surface area contributed by atoms with E-state index in [2.05, 4.69) is 27.1 Å². The van der Waals surface area contributed by atoms with Gasteiger partial charge in [0.15, 0.2) is 0 Å². The predicted molar refractivity (Wildman–Crippen MR) is 105 cm³/mol. The van der Waals surface area contributed by atoms with Crippen LogP contribution in [0.15, 0.2) is 48.8 Å². The van der Waals surface area contributed by atoms with Gasteiger partial charge in [-0.1, -0.05) is 19.1 Å². The molecule has 5 heteroatoms. The SMILES string of the molecule is CCc1ccc(C(=O)Nc2ccc3c(N4CCCC4)ncnc3c2)cc1. The molecule has 4 rings (SSSR count). The minimum atomic E-state index is -0.110. The standard InChI is InChI=1S/C21H22N4O/c1-2-15-5-7-16(8-6-15)21(26)24-17-9-10-18-19(13-17)22-14-23-20(18)25-11-3-4-12-25/h5-10,13-14H,2-4,11-12H2,1H3,(H,24,26). The van der Waals surface area contributed by atoms with Gasteiger partial charge in [-0.15, -0.1) is 0 Å². The first-order chi connectivity index (χ1) is 12.7. The lowest BCUT2D eigenvalue weighted by Gasteiger charge is -2.18. The van der Waals surface area contributed by atoms with E-state index in [9.17, 15) is 4.79 Å². The Balaban J connectivity index is 1.58. The highest BCUT2D eigenvalue weighted by Gasteiger charge is 2.17. The van der Waals surface area contributed by atoms with Crippen LogP contribution in [0.25, 0.3) is 10.9 Å². The van der Waals surface area contributed by atoms with Crippen LogP contribution in [-0.2, 0) is 6.42 Å². The maximum absolute atomic E-state index is 12.5. The number of carbonyl (C=O) groups excluding carboxylic acids is 1. The Morgan fingerprint density at radius 3 is 2.58 bits per heavy atom. The van der Waals surface area contributed by atoms with Crippen molar-refractivity contribution in [2.24, 2.45) is 0 Å². The molecular formula is C21H22N4O. The average molecular weight is 346 g/mol. The summed E-state index contributed by atoms with van der Waals surface area (Å²) in [6, 6.07) is 13.5. The Morgan fingerprint density at radius 1 is 1.08 bits per heavy atom. The molecule has 1 fully saturated rings. The predicted octanol–water partition coefficient (Wildman–Crippen LogP) is 4.04. The van der Waals surface area contributed by atoms with E-state index in [4.69, 9.17) is 0 Å². The molecule has 1 N–H and O–H groups in total. The molecule has 2 heterocycles. The van der Waals surface area contributed by atoms with Gasteiger partial charge in [0.25, 0.3) is 5.91 Å². The molecular weight excluding hydrogens is 324 g/mol. The van der Waals surface area contributed by atoms with Gasteiger partial charge in [0.05, 0.1) is 5.52 Å². The van der Waals surface area contributed by atoms with Crippen LogP contribution in [0.1, 0.15) is 35.7 Å². The Bertz CT molecular complexity index is 930. The van der Waals surface area contributed by atoms with E-state index in [1.54, 1.807) is 6.33 Å². The van der Waals surface area contributed by atoms with Gasteiger partial charge >= 0.3 is 0 Å². The number of nitrogens with zero attached hydrogens (tertiary/aromatic N) is 3. The summed E-state index contributed by atoms with van der Waals surface area (Å²) in [7, 11) is 0. The van der Waals surface area contributed by atoms with Crippen LogP contribution in [0.4, 0.5) is 11.5 Å². The lowest BCUT2D eigenvalue weighted by Crippen LogP contribution is -2.19. The number of benzene rings is 2. The van der Waals surface area contributed by atoms with Crippen molar-refractivity contribution in [1.82, 2.24) is 9.97 Å². The summed E-state index contributed by atoms with van der Waals surface area (Å²) in [6.07, 6.45) is 4.98. The fourth-order valence-corrected chi connectivity index (χ4v) is 3.40. The third-order valence-electron chi connectivity index (χ3n) is 4.90. The summed E-state index contributed by atoms with van der Waals surface area (Å²) in [5.74, 6) is 0.876. The quantitative estimate of drug-likeness (QED) is 0.774. The second-order valence-electron chi connectivity index (χ2n) is 6.63. The molecule has 1 saturated heterocycles. The van der Waals surface area contributed by atoms with Crippen molar-refractivity contribution in [2.75, 3.05) is 23.3 Å². The largest absolute Gasteiger partial charge is 0.356 e. The summed E-state index contributed by atoms with van der Waals surface area (Å²) in [5, 5.41) is 3.99. The Morgan fingerprint density at radius 2 is 1.85 bits per heavy atom. The molecule has 0 aliphatic carbocycles. The van der Waals surface area contributed by atoms with E-state index < -0.39 is 0 Å². The molecule has 2 aromatic carbocycles.